The van der Waals surface area contributed by atoms with E-state index in [9.17, 15) is 4.79 Å². The maximum atomic E-state index is 11.7. The average Bonchev–Trinajstić information content (AvgIpc) is 3.00. The van der Waals surface area contributed by atoms with Crippen molar-refractivity contribution >= 4 is 40.6 Å². The minimum atomic E-state index is 0.157. The SMILES string of the molecule is CC(=O)CC/C1=C(/C)N=CC(C)C(C)c2sc(C)c(C)c2C(c2ccc(Cl)cc2)=N1. The third-order valence-corrected chi connectivity index (χ3v) is 7.51. The largest absolute Gasteiger partial charge is 0.300 e. The fraction of sp³-hybridized carbons (Fsp3) is 0.400. The predicted octanol–water partition coefficient (Wildman–Crippen LogP) is 7.28. The number of carbonyl (C=O) groups excluding carboxylic acids is 1. The molecule has 2 atom stereocenters. The first-order valence-electron chi connectivity index (χ1n) is 10.4. The highest BCUT2D eigenvalue weighted by Crippen LogP contribution is 2.39. The Bertz CT molecular complexity index is 1040. The summed E-state index contributed by atoms with van der Waals surface area (Å²) in [5.41, 5.74) is 6.18. The van der Waals surface area contributed by atoms with Crippen LogP contribution in [0.2, 0.25) is 5.02 Å². The number of hydrogen-bond acceptors (Lipinski definition) is 4. The number of aliphatic imine (C=N–C) groups is 2. The summed E-state index contributed by atoms with van der Waals surface area (Å²) in [6.45, 7) is 12.4. The van der Waals surface area contributed by atoms with Gasteiger partial charge in [-0.1, -0.05) is 37.6 Å². The van der Waals surface area contributed by atoms with Gasteiger partial charge in [0.1, 0.15) is 5.78 Å². The van der Waals surface area contributed by atoms with Crippen LogP contribution in [0.3, 0.4) is 0 Å². The van der Waals surface area contributed by atoms with Crippen LogP contribution in [-0.2, 0) is 4.79 Å². The molecule has 0 amide bonds. The van der Waals surface area contributed by atoms with Gasteiger partial charge in [-0.15, -0.1) is 11.3 Å². The molecule has 0 radical (unpaired) electrons. The standard InChI is InChI=1S/C25H29ClN2OS/c1-14-13-27-18(5)22(12-7-15(2)29)28-24(20-8-10-21(26)11-9-20)23-17(4)19(6)30-25(23)16(14)3/h8-11,13-14,16H,7,12H2,1-6H3/b22-18+,27-13?,28-24?. The second kappa shape index (κ2) is 9.40. The van der Waals surface area contributed by atoms with Gasteiger partial charge in [-0.2, -0.15) is 0 Å². The highest BCUT2D eigenvalue weighted by atomic mass is 35.5. The third kappa shape index (κ3) is 4.81. The highest BCUT2D eigenvalue weighted by molar-refractivity contribution is 7.12. The van der Waals surface area contributed by atoms with Crippen LogP contribution < -0.4 is 0 Å². The highest BCUT2D eigenvalue weighted by Gasteiger charge is 2.26. The number of Topliss-reactive ketones (excluding diaryl/α,β-unsaturated/α-hetero) is 1. The Morgan fingerprint density at radius 3 is 2.43 bits per heavy atom. The molecular formula is C25H29ClN2OS. The number of halogens is 1. The van der Waals surface area contributed by atoms with Gasteiger partial charge < -0.3 is 4.79 Å². The predicted molar refractivity (Wildman–Crippen MR) is 130 cm³/mol. The monoisotopic (exact) mass is 440 g/mol. The summed E-state index contributed by atoms with van der Waals surface area (Å²) in [5, 5.41) is 0.702. The van der Waals surface area contributed by atoms with E-state index in [-0.39, 0.29) is 11.7 Å². The smallest absolute Gasteiger partial charge is 0.130 e. The quantitative estimate of drug-likeness (QED) is 0.492. The van der Waals surface area contributed by atoms with E-state index in [0.717, 1.165) is 22.7 Å². The van der Waals surface area contributed by atoms with E-state index in [1.54, 1.807) is 6.92 Å². The van der Waals surface area contributed by atoms with Crippen LogP contribution in [0.4, 0.5) is 0 Å². The summed E-state index contributed by atoms with van der Waals surface area (Å²) in [6.07, 6.45) is 3.07. The normalized spacial score (nSPS) is 21.9. The van der Waals surface area contributed by atoms with E-state index in [0.29, 0.717) is 23.8 Å². The molecule has 1 aliphatic rings. The Hall–Kier alpha value is -2.04. The van der Waals surface area contributed by atoms with E-state index in [1.807, 2.05) is 48.7 Å². The van der Waals surface area contributed by atoms with Crippen molar-refractivity contribution in [2.75, 3.05) is 0 Å². The molecule has 0 fully saturated rings. The Balaban J connectivity index is 2.32. The van der Waals surface area contributed by atoms with E-state index in [4.69, 9.17) is 21.6 Å². The van der Waals surface area contributed by atoms with Gasteiger partial charge in [0.25, 0.3) is 0 Å². The second-order valence-electron chi connectivity index (χ2n) is 8.15. The molecule has 0 saturated carbocycles. The van der Waals surface area contributed by atoms with Crippen LogP contribution >= 0.6 is 22.9 Å². The van der Waals surface area contributed by atoms with E-state index in [1.165, 1.54) is 20.9 Å². The van der Waals surface area contributed by atoms with Crippen molar-refractivity contribution in [2.45, 2.75) is 60.3 Å². The van der Waals surface area contributed by atoms with Crippen molar-refractivity contribution in [3.63, 3.8) is 0 Å². The number of rotatable bonds is 4. The zero-order valence-corrected chi connectivity index (χ0v) is 20.1. The Labute approximate surface area is 188 Å². The third-order valence-electron chi connectivity index (χ3n) is 5.85. The maximum Gasteiger partial charge on any atom is 0.130 e. The molecule has 3 nitrogen and oxygen atoms in total. The number of aryl methyl sites for hydroxylation is 1. The molecule has 158 valence electrons. The van der Waals surface area contributed by atoms with Crippen molar-refractivity contribution in [3.8, 4) is 0 Å². The number of carbonyl (C=O) groups is 1. The zero-order chi connectivity index (χ0) is 22.0. The molecule has 1 aromatic heterocycles. The summed E-state index contributed by atoms with van der Waals surface area (Å²) >= 11 is 8.02. The molecule has 2 unspecified atom stereocenters. The lowest BCUT2D eigenvalue weighted by Gasteiger charge is -2.20. The van der Waals surface area contributed by atoms with E-state index in [2.05, 4.69) is 27.7 Å². The molecule has 0 bridgehead atoms. The molecule has 0 aliphatic carbocycles. The fourth-order valence-corrected chi connectivity index (χ4v) is 5.02. The summed E-state index contributed by atoms with van der Waals surface area (Å²) < 4.78 is 0. The van der Waals surface area contributed by atoms with Crippen molar-refractivity contribution in [1.29, 1.82) is 0 Å². The van der Waals surface area contributed by atoms with Gasteiger partial charge in [-0.3, -0.25) is 9.98 Å². The van der Waals surface area contributed by atoms with Crippen LogP contribution in [0.1, 0.15) is 72.9 Å². The second-order valence-corrected chi connectivity index (χ2v) is 9.84. The van der Waals surface area contributed by atoms with Gasteiger partial charge in [-0.25, -0.2) is 0 Å². The minimum Gasteiger partial charge on any atom is -0.300 e. The molecule has 0 spiro atoms. The minimum absolute atomic E-state index is 0.157. The van der Waals surface area contributed by atoms with Crippen LogP contribution in [0.5, 0.6) is 0 Å². The lowest BCUT2D eigenvalue weighted by Crippen LogP contribution is -2.14. The number of ketones is 1. The number of thiophene rings is 1. The van der Waals surface area contributed by atoms with Gasteiger partial charge in [-0.05, 0) is 63.6 Å². The Morgan fingerprint density at radius 2 is 1.80 bits per heavy atom. The number of allylic oxidation sites excluding steroid dienone is 2. The lowest BCUT2D eigenvalue weighted by atomic mass is 9.88. The molecule has 3 rings (SSSR count). The summed E-state index contributed by atoms with van der Waals surface area (Å²) in [5.74, 6) is 0.768. The van der Waals surface area contributed by atoms with Crippen molar-refractivity contribution in [3.05, 3.63) is 67.1 Å². The Kier molecular flexibility index (Phi) is 7.10. The van der Waals surface area contributed by atoms with Gasteiger partial charge in [0.05, 0.1) is 17.1 Å². The first-order valence-corrected chi connectivity index (χ1v) is 11.6. The van der Waals surface area contributed by atoms with E-state index >= 15 is 0 Å². The molecule has 2 aromatic rings. The topological polar surface area (TPSA) is 41.8 Å². The van der Waals surface area contributed by atoms with Crippen molar-refractivity contribution < 1.29 is 4.79 Å². The first-order chi connectivity index (χ1) is 14.2. The van der Waals surface area contributed by atoms with Gasteiger partial charge in [0.2, 0.25) is 0 Å². The number of fused-ring (bicyclic) bond motifs is 1. The molecule has 1 aromatic carbocycles. The van der Waals surface area contributed by atoms with Gasteiger partial charge in [0.15, 0.2) is 0 Å². The van der Waals surface area contributed by atoms with Gasteiger partial charge in [0, 0.05) is 38.5 Å². The lowest BCUT2D eigenvalue weighted by molar-refractivity contribution is -0.116. The molecule has 1 aliphatic heterocycles. The van der Waals surface area contributed by atoms with E-state index < -0.39 is 0 Å². The van der Waals surface area contributed by atoms with Crippen molar-refractivity contribution in [2.24, 2.45) is 15.9 Å². The Morgan fingerprint density at radius 1 is 1.13 bits per heavy atom. The number of benzene rings is 1. The van der Waals surface area contributed by atoms with Crippen LogP contribution in [0.15, 0.2) is 45.6 Å². The first kappa shape index (κ1) is 22.6. The summed E-state index contributed by atoms with van der Waals surface area (Å²) in [4.78, 5) is 24.2. The molecule has 5 heteroatoms. The summed E-state index contributed by atoms with van der Waals surface area (Å²) in [7, 11) is 0. The van der Waals surface area contributed by atoms with Crippen LogP contribution in [0.25, 0.3) is 0 Å². The maximum absolute atomic E-state index is 11.7. The molecule has 0 saturated heterocycles. The van der Waals surface area contributed by atoms with Crippen molar-refractivity contribution in [1.82, 2.24) is 0 Å². The molecule has 0 N–H and O–H groups in total. The molecule has 2 heterocycles. The zero-order valence-electron chi connectivity index (χ0n) is 18.5. The number of hydrogen-bond donors (Lipinski definition) is 0. The summed E-state index contributed by atoms with van der Waals surface area (Å²) in [6, 6.07) is 7.86. The molecule has 30 heavy (non-hydrogen) atoms. The van der Waals surface area contributed by atoms with Crippen LogP contribution in [-0.4, -0.2) is 17.7 Å². The average molecular weight is 441 g/mol. The fourth-order valence-electron chi connectivity index (χ4n) is 3.56. The molecular weight excluding hydrogens is 412 g/mol. The number of nitrogens with zero attached hydrogens (tertiary/aromatic N) is 2. The van der Waals surface area contributed by atoms with Crippen LogP contribution in [0, 0.1) is 19.8 Å². The van der Waals surface area contributed by atoms with Gasteiger partial charge >= 0.3 is 0 Å².